The predicted molar refractivity (Wildman–Crippen MR) is 147 cm³/mol. The number of pyridine rings is 1. The van der Waals surface area contributed by atoms with E-state index in [4.69, 9.17) is 4.98 Å². The maximum absolute atomic E-state index is 11.9. The van der Waals surface area contributed by atoms with Crippen molar-refractivity contribution < 1.29 is 8.42 Å². The van der Waals surface area contributed by atoms with E-state index in [1.807, 2.05) is 32.4 Å². The maximum atomic E-state index is 11.9. The Bertz CT molecular complexity index is 1560. The van der Waals surface area contributed by atoms with Gasteiger partial charge in [0, 0.05) is 55.7 Å². The Hall–Kier alpha value is -3.57. The Kier molecular flexibility index (Phi) is 6.59. The number of aromatic nitrogens is 5. The van der Waals surface area contributed by atoms with Gasteiger partial charge in [0.15, 0.2) is 5.82 Å². The van der Waals surface area contributed by atoms with Crippen LogP contribution in [0.4, 0.5) is 17.3 Å². The van der Waals surface area contributed by atoms with Crippen LogP contribution in [0, 0.1) is 12.8 Å². The van der Waals surface area contributed by atoms with Gasteiger partial charge in [-0.2, -0.15) is 5.10 Å². The number of rotatable bonds is 8. The summed E-state index contributed by atoms with van der Waals surface area (Å²) in [6.45, 7) is 7.70. The molecular formula is C26H32N8O2S. The molecule has 4 heterocycles. The summed E-state index contributed by atoms with van der Waals surface area (Å²) in [5, 5.41) is 9.90. The normalized spacial score (nSPS) is 14.4. The minimum absolute atomic E-state index is 0.113. The lowest BCUT2D eigenvalue weighted by atomic mass is 9.93. The molecule has 1 saturated heterocycles. The molecule has 0 radical (unpaired) electrons. The molecule has 1 aliphatic rings. The van der Waals surface area contributed by atoms with Gasteiger partial charge in [-0.15, -0.1) is 0 Å². The summed E-state index contributed by atoms with van der Waals surface area (Å²) < 4.78 is 28.0. The van der Waals surface area contributed by atoms with Crippen molar-refractivity contribution in [2.24, 2.45) is 13.0 Å². The highest BCUT2D eigenvalue weighted by Crippen LogP contribution is 2.37. The second-order valence-corrected chi connectivity index (χ2v) is 11.9. The van der Waals surface area contributed by atoms with Gasteiger partial charge in [-0.05, 0) is 49.0 Å². The summed E-state index contributed by atoms with van der Waals surface area (Å²) in [6.07, 6.45) is 5.53. The van der Waals surface area contributed by atoms with Gasteiger partial charge in [0.25, 0.3) is 0 Å². The number of nitrogens with zero attached hydrogens (tertiary/aromatic N) is 6. The lowest BCUT2D eigenvalue weighted by Crippen LogP contribution is -2.50. The quantitative estimate of drug-likeness (QED) is 0.362. The summed E-state index contributed by atoms with van der Waals surface area (Å²) in [5.74, 6) is 2.54. The topological polar surface area (TPSA) is 118 Å². The SMILES string of the molecule is CNS(=O)(=O)CC1CN(c2ccc(C(C)C)c3cc(Nc4ccnc(-c5cn(C)nc5C)n4)ncc23)C1. The first kappa shape index (κ1) is 25.1. The molecule has 0 aliphatic carbocycles. The molecule has 5 rings (SSSR count). The fraction of sp³-hybridized carbons (Fsp3) is 0.385. The van der Waals surface area contributed by atoms with E-state index in [9.17, 15) is 8.42 Å². The highest BCUT2D eigenvalue weighted by molar-refractivity contribution is 7.89. The van der Waals surface area contributed by atoms with E-state index in [1.165, 1.54) is 12.6 Å². The largest absolute Gasteiger partial charge is 0.370 e. The summed E-state index contributed by atoms with van der Waals surface area (Å²) in [7, 11) is 0.124. The summed E-state index contributed by atoms with van der Waals surface area (Å²) >= 11 is 0. The molecule has 37 heavy (non-hydrogen) atoms. The summed E-state index contributed by atoms with van der Waals surface area (Å²) in [6, 6.07) is 8.17. The lowest BCUT2D eigenvalue weighted by molar-refractivity contribution is 0.443. The van der Waals surface area contributed by atoms with E-state index in [-0.39, 0.29) is 11.7 Å². The fourth-order valence-electron chi connectivity index (χ4n) is 4.87. The summed E-state index contributed by atoms with van der Waals surface area (Å²) in [5.41, 5.74) is 4.07. The van der Waals surface area contributed by atoms with Gasteiger partial charge in [0.05, 0.1) is 17.0 Å². The van der Waals surface area contributed by atoms with Crippen LogP contribution in [0.1, 0.15) is 31.0 Å². The van der Waals surface area contributed by atoms with Crippen LogP contribution in [-0.4, -0.2) is 59.0 Å². The fourth-order valence-corrected chi connectivity index (χ4v) is 5.87. The molecule has 10 nitrogen and oxygen atoms in total. The Morgan fingerprint density at radius 1 is 1.11 bits per heavy atom. The van der Waals surface area contributed by atoms with Crippen molar-refractivity contribution in [2.75, 3.05) is 36.1 Å². The van der Waals surface area contributed by atoms with Crippen LogP contribution in [0.3, 0.4) is 0 Å². The smallest absolute Gasteiger partial charge is 0.211 e. The number of sulfonamides is 1. The highest BCUT2D eigenvalue weighted by Gasteiger charge is 2.31. The van der Waals surface area contributed by atoms with Gasteiger partial charge in [-0.3, -0.25) is 4.68 Å². The molecule has 11 heteroatoms. The number of aryl methyl sites for hydroxylation is 2. The van der Waals surface area contributed by atoms with Gasteiger partial charge in [-0.25, -0.2) is 28.1 Å². The van der Waals surface area contributed by atoms with Crippen molar-refractivity contribution in [3.05, 3.63) is 54.1 Å². The van der Waals surface area contributed by atoms with E-state index < -0.39 is 10.0 Å². The number of fused-ring (bicyclic) bond motifs is 1. The van der Waals surface area contributed by atoms with Crippen LogP contribution in [0.15, 0.2) is 42.9 Å². The average molecular weight is 521 g/mol. The molecule has 0 unspecified atom stereocenters. The molecule has 0 bridgehead atoms. The first-order chi connectivity index (χ1) is 17.6. The van der Waals surface area contributed by atoms with Gasteiger partial charge in [0.2, 0.25) is 10.0 Å². The second kappa shape index (κ2) is 9.71. The van der Waals surface area contributed by atoms with Gasteiger partial charge >= 0.3 is 0 Å². The number of hydrogen-bond acceptors (Lipinski definition) is 8. The minimum Gasteiger partial charge on any atom is -0.370 e. The van der Waals surface area contributed by atoms with Crippen LogP contribution in [0.25, 0.3) is 22.2 Å². The van der Waals surface area contributed by atoms with E-state index in [0.29, 0.717) is 36.5 Å². The van der Waals surface area contributed by atoms with Crippen molar-refractivity contribution in [1.82, 2.24) is 29.5 Å². The molecular weight excluding hydrogens is 488 g/mol. The molecule has 0 saturated carbocycles. The lowest BCUT2D eigenvalue weighted by Gasteiger charge is -2.41. The molecule has 1 aliphatic heterocycles. The zero-order chi connectivity index (χ0) is 26.3. The van der Waals surface area contributed by atoms with Crippen LogP contribution >= 0.6 is 0 Å². The zero-order valence-electron chi connectivity index (χ0n) is 21.7. The van der Waals surface area contributed by atoms with Crippen LogP contribution in [-0.2, 0) is 17.1 Å². The highest BCUT2D eigenvalue weighted by atomic mass is 32.2. The molecule has 0 atom stereocenters. The van der Waals surface area contributed by atoms with Gasteiger partial charge < -0.3 is 10.2 Å². The third-order valence-corrected chi connectivity index (χ3v) is 8.30. The first-order valence-electron chi connectivity index (χ1n) is 12.3. The van der Waals surface area contributed by atoms with Crippen molar-refractivity contribution in [3.8, 4) is 11.4 Å². The van der Waals surface area contributed by atoms with E-state index in [0.717, 1.165) is 27.7 Å². The van der Waals surface area contributed by atoms with Crippen molar-refractivity contribution in [2.45, 2.75) is 26.7 Å². The maximum Gasteiger partial charge on any atom is 0.211 e. The first-order valence-corrected chi connectivity index (χ1v) is 14.0. The van der Waals surface area contributed by atoms with E-state index in [1.54, 1.807) is 10.9 Å². The number of nitrogens with one attached hydrogen (secondary N) is 2. The molecule has 1 aromatic carbocycles. The van der Waals surface area contributed by atoms with Gasteiger partial charge in [-0.1, -0.05) is 19.9 Å². The van der Waals surface area contributed by atoms with Crippen molar-refractivity contribution in [3.63, 3.8) is 0 Å². The standard InChI is InChI=1S/C26H32N8O2S/c1-16(2)19-6-7-23(34-12-18(13-34)15-37(35,36)27-4)21-11-29-25(10-20(19)21)30-24-8-9-28-26(31-24)22-14-33(5)32-17(22)3/h6-11,14,16,18,27H,12-13,15H2,1-5H3,(H,28,29,30,31). The Labute approximate surface area is 217 Å². The molecule has 0 amide bonds. The molecule has 194 valence electrons. The molecule has 0 spiro atoms. The third-order valence-electron chi connectivity index (χ3n) is 6.76. The average Bonchev–Trinajstić information content (AvgIpc) is 3.18. The van der Waals surface area contributed by atoms with Crippen molar-refractivity contribution >= 4 is 38.1 Å². The van der Waals surface area contributed by atoms with Crippen LogP contribution in [0.2, 0.25) is 0 Å². The Morgan fingerprint density at radius 3 is 2.57 bits per heavy atom. The van der Waals surface area contributed by atoms with Crippen LogP contribution < -0.4 is 14.9 Å². The zero-order valence-corrected chi connectivity index (χ0v) is 22.5. The minimum atomic E-state index is -3.22. The number of benzene rings is 1. The predicted octanol–water partition coefficient (Wildman–Crippen LogP) is 3.59. The van der Waals surface area contributed by atoms with Gasteiger partial charge in [0.1, 0.15) is 11.6 Å². The molecule has 1 fully saturated rings. The van der Waals surface area contributed by atoms with Crippen LogP contribution in [0.5, 0.6) is 0 Å². The third kappa shape index (κ3) is 5.14. The second-order valence-electron chi connectivity index (χ2n) is 9.89. The Balaban J connectivity index is 1.43. The number of anilines is 3. The summed E-state index contributed by atoms with van der Waals surface area (Å²) in [4.78, 5) is 16.0. The molecule has 3 aromatic heterocycles. The number of hydrogen-bond donors (Lipinski definition) is 2. The Morgan fingerprint density at radius 2 is 1.89 bits per heavy atom. The monoisotopic (exact) mass is 520 g/mol. The molecule has 4 aromatic rings. The van der Waals surface area contributed by atoms with Crippen molar-refractivity contribution in [1.29, 1.82) is 0 Å². The molecule has 2 N–H and O–H groups in total. The van der Waals surface area contributed by atoms with E-state index in [2.05, 4.69) is 62.1 Å². The van der Waals surface area contributed by atoms with E-state index >= 15 is 0 Å².